The average molecular weight is 466 g/mol. The van der Waals surface area contributed by atoms with Gasteiger partial charge in [-0.2, -0.15) is 22.2 Å². The fourth-order valence-corrected chi connectivity index (χ4v) is 3.67. The summed E-state index contributed by atoms with van der Waals surface area (Å²) in [6.07, 6.45) is 19.7. The molecule has 0 nitrogen and oxygen atoms in total. The number of hydrogen-bond acceptors (Lipinski definition) is 0. The van der Waals surface area contributed by atoms with Crippen LogP contribution in [-0.2, 0) is 0 Å². The predicted octanol–water partition coefficient (Wildman–Crippen LogP) is 9.97. The second kappa shape index (κ2) is 23.5. The molecule has 0 rings (SSSR count). The highest BCUT2D eigenvalue weighted by Gasteiger charge is 2.17. The summed E-state index contributed by atoms with van der Waals surface area (Å²) in [5, 5.41) is 0. The third-order valence-corrected chi connectivity index (χ3v) is 6.10. The first-order valence-corrected chi connectivity index (χ1v) is 19.5. The van der Waals surface area contributed by atoms with Gasteiger partial charge in [-0.05, 0) is 56.4 Å². The molecule has 0 saturated heterocycles. The van der Waals surface area contributed by atoms with Gasteiger partial charge in [0.25, 0.3) is 0 Å². The molecular formula is C24H50Cl2Si2. The standard InChI is InChI=1S/C12H25ClSi.C10H18.C2H7ClSi/c1-5-6-7-8-9-12(2)10-11-14(3,4)13;1-4-6-7-8-9-10(3)5-2;1-4(2)3/h6-7,12H,5,8-11H2,1-4H3;5-7,10H,2,4,8-9H2,1,3H3;4H,1-2H3/b2*7-6+;. The lowest BCUT2D eigenvalue weighted by Crippen LogP contribution is -2.16. The lowest BCUT2D eigenvalue weighted by molar-refractivity contribution is 0.519. The minimum Gasteiger partial charge on any atom is -0.172 e. The van der Waals surface area contributed by atoms with Gasteiger partial charge in [-0.1, -0.05) is 90.7 Å². The van der Waals surface area contributed by atoms with Crippen molar-refractivity contribution in [2.45, 2.75) is 105 Å². The maximum atomic E-state index is 6.29. The van der Waals surface area contributed by atoms with Crippen LogP contribution in [0.15, 0.2) is 37.0 Å². The van der Waals surface area contributed by atoms with Gasteiger partial charge < -0.3 is 0 Å². The van der Waals surface area contributed by atoms with Crippen molar-refractivity contribution < 1.29 is 0 Å². The number of hydrogen-bond donors (Lipinski definition) is 0. The minimum absolute atomic E-state index is 0.667. The Bertz CT molecular complexity index is 369. The average Bonchev–Trinajstić information content (AvgIpc) is 2.60. The van der Waals surface area contributed by atoms with Crippen molar-refractivity contribution in [3.8, 4) is 0 Å². The van der Waals surface area contributed by atoms with Crippen molar-refractivity contribution in [1.82, 2.24) is 0 Å². The van der Waals surface area contributed by atoms with E-state index in [4.69, 9.17) is 22.2 Å². The molecule has 0 amide bonds. The molecule has 0 saturated carbocycles. The van der Waals surface area contributed by atoms with Crippen LogP contribution < -0.4 is 0 Å². The molecule has 0 aromatic heterocycles. The smallest absolute Gasteiger partial charge is 0.150 e. The third kappa shape index (κ3) is 40.8. The molecule has 0 aromatic rings. The van der Waals surface area contributed by atoms with Crippen molar-refractivity contribution in [2.24, 2.45) is 11.8 Å². The summed E-state index contributed by atoms with van der Waals surface area (Å²) in [7, 11) is -1.99. The summed E-state index contributed by atoms with van der Waals surface area (Å²) in [4.78, 5) is 0. The Hall–Kier alpha value is 0.234. The predicted molar refractivity (Wildman–Crippen MR) is 143 cm³/mol. The van der Waals surface area contributed by atoms with Gasteiger partial charge in [-0.25, -0.2) is 0 Å². The fraction of sp³-hybridized carbons (Fsp3) is 0.750. The maximum absolute atomic E-state index is 6.29. The maximum Gasteiger partial charge on any atom is 0.150 e. The molecule has 28 heavy (non-hydrogen) atoms. The Morgan fingerprint density at radius 2 is 1.32 bits per heavy atom. The molecule has 4 heteroatoms. The zero-order valence-electron chi connectivity index (χ0n) is 20.2. The van der Waals surface area contributed by atoms with Crippen LogP contribution in [0.4, 0.5) is 0 Å². The van der Waals surface area contributed by atoms with Crippen molar-refractivity contribution in [3.05, 3.63) is 37.0 Å². The molecule has 0 radical (unpaired) electrons. The number of halogens is 2. The summed E-state index contributed by atoms with van der Waals surface area (Å²) in [5.41, 5.74) is 0. The van der Waals surface area contributed by atoms with E-state index >= 15 is 0 Å². The van der Waals surface area contributed by atoms with Crippen LogP contribution in [-0.4, -0.2) is 15.5 Å². The van der Waals surface area contributed by atoms with Gasteiger partial charge in [-0.3, -0.25) is 0 Å². The van der Waals surface area contributed by atoms with Crippen LogP contribution in [0.25, 0.3) is 0 Å². The Morgan fingerprint density at radius 3 is 1.68 bits per heavy atom. The normalized spacial score (nSPS) is 13.7. The van der Waals surface area contributed by atoms with Crippen LogP contribution in [0.3, 0.4) is 0 Å². The molecule has 0 heterocycles. The van der Waals surface area contributed by atoms with Gasteiger partial charge >= 0.3 is 0 Å². The van der Waals surface area contributed by atoms with E-state index in [9.17, 15) is 0 Å². The Morgan fingerprint density at radius 1 is 0.893 bits per heavy atom. The number of rotatable bonds is 12. The lowest BCUT2D eigenvalue weighted by Gasteiger charge is -2.16. The Labute approximate surface area is 190 Å². The first kappa shape index (κ1) is 32.9. The van der Waals surface area contributed by atoms with E-state index in [2.05, 4.69) is 84.8 Å². The molecule has 0 N–H and O–H groups in total. The van der Waals surface area contributed by atoms with Gasteiger partial charge in [-0.15, -0.1) is 6.58 Å². The van der Waals surface area contributed by atoms with Gasteiger partial charge in [0.05, 0.1) is 0 Å². The molecular weight excluding hydrogens is 415 g/mol. The van der Waals surface area contributed by atoms with E-state index in [1.165, 1.54) is 38.1 Å². The minimum atomic E-state index is -1.32. The molecule has 0 aromatic carbocycles. The quantitative estimate of drug-likeness (QED) is 0.153. The summed E-state index contributed by atoms with van der Waals surface area (Å²) in [6.45, 7) is 21.2. The van der Waals surface area contributed by atoms with E-state index in [0.717, 1.165) is 18.8 Å². The van der Waals surface area contributed by atoms with Crippen LogP contribution in [0.5, 0.6) is 0 Å². The highest BCUT2D eigenvalue weighted by Crippen LogP contribution is 2.22. The molecule has 0 aliphatic rings. The molecule has 2 atom stereocenters. The van der Waals surface area contributed by atoms with Crippen molar-refractivity contribution in [3.63, 3.8) is 0 Å². The number of allylic oxidation sites excluding steroid dienone is 5. The first-order valence-electron chi connectivity index (χ1n) is 11.3. The van der Waals surface area contributed by atoms with E-state index < -0.39 is 15.5 Å². The summed E-state index contributed by atoms with van der Waals surface area (Å²) in [5.74, 6) is 1.50. The van der Waals surface area contributed by atoms with Gasteiger partial charge in [0.15, 0.2) is 7.38 Å². The molecule has 0 aliphatic carbocycles. The second-order valence-electron chi connectivity index (χ2n) is 8.50. The van der Waals surface area contributed by atoms with Crippen LogP contribution in [0, 0.1) is 11.8 Å². The molecule has 2 unspecified atom stereocenters. The molecule has 0 spiro atoms. The van der Waals surface area contributed by atoms with E-state index in [0.29, 0.717) is 5.92 Å². The zero-order valence-corrected chi connectivity index (χ0v) is 23.9. The molecule has 168 valence electrons. The second-order valence-corrected chi connectivity index (χ2v) is 20.2. The van der Waals surface area contributed by atoms with Gasteiger partial charge in [0.1, 0.15) is 8.11 Å². The highest BCUT2D eigenvalue weighted by molar-refractivity contribution is 7.19. The van der Waals surface area contributed by atoms with Crippen molar-refractivity contribution >= 4 is 37.6 Å². The van der Waals surface area contributed by atoms with E-state index in [-0.39, 0.29) is 0 Å². The zero-order chi connectivity index (χ0) is 22.4. The van der Waals surface area contributed by atoms with Crippen molar-refractivity contribution in [1.29, 1.82) is 0 Å². The lowest BCUT2D eigenvalue weighted by atomic mass is 10.0. The monoisotopic (exact) mass is 464 g/mol. The summed E-state index contributed by atoms with van der Waals surface area (Å²) >= 11 is 11.7. The Balaban J connectivity index is -0.000000388. The van der Waals surface area contributed by atoms with Crippen LogP contribution >= 0.6 is 22.2 Å². The summed E-state index contributed by atoms with van der Waals surface area (Å²) in [6, 6.07) is 1.26. The fourth-order valence-electron chi connectivity index (χ4n) is 2.16. The molecule has 0 fully saturated rings. The summed E-state index contributed by atoms with van der Waals surface area (Å²) < 4.78 is 0. The Kier molecular flexibility index (Phi) is 27.6. The van der Waals surface area contributed by atoms with Crippen LogP contribution in [0.2, 0.25) is 32.2 Å². The molecule has 0 aliphatic heterocycles. The van der Waals surface area contributed by atoms with E-state index in [1.54, 1.807) is 0 Å². The highest BCUT2D eigenvalue weighted by atomic mass is 35.6. The van der Waals surface area contributed by atoms with Crippen molar-refractivity contribution in [2.75, 3.05) is 0 Å². The van der Waals surface area contributed by atoms with Gasteiger partial charge in [0.2, 0.25) is 0 Å². The molecule has 0 bridgehead atoms. The van der Waals surface area contributed by atoms with Crippen LogP contribution in [0.1, 0.15) is 72.6 Å². The topological polar surface area (TPSA) is 0 Å². The van der Waals surface area contributed by atoms with E-state index in [1.807, 2.05) is 6.08 Å². The first-order chi connectivity index (χ1) is 13.0. The van der Waals surface area contributed by atoms with Gasteiger partial charge in [0, 0.05) is 0 Å². The SMILES string of the molecule is C=CC(C)CC/C=C/CC.CC/C=C/CCC(C)CC[Si](C)(C)Cl.C[SiH](C)Cl. The third-order valence-electron chi connectivity index (χ3n) is 4.05. The largest absolute Gasteiger partial charge is 0.172 e.